The van der Waals surface area contributed by atoms with Gasteiger partial charge in [0.15, 0.2) is 4.80 Å². The number of thiazole rings is 1. The maximum Gasteiger partial charge on any atom is 0.184 e. The van der Waals surface area contributed by atoms with Crippen LogP contribution in [0.15, 0.2) is 16.6 Å². The number of aromatic nitrogens is 1. The van der Waals surface area contributed by atoms with Gasteiger partial charge in [0.2, 0.25) is 0 Å². The van der Waals surface area contributed by atoms with Crippen LogP contribution in [-0.4, -0.2) is 11.6 Å². The molecule has 3 heteroatoms. The summed E-state index contributed by atoms with van der Waals surface area (Å²) in [5.41, 5.74) is 0. The number of rotatable bonds is 0. The third-order valence-electron chi connectivity index (χ3n) is 0.951. The Morgan fingerprint density at radius 1 is 1.75 bits per heavy atom. The Balaban J connectivity index is 3.31. The van der Waals surface area contributed by atoms with Crippen molar-refractivity contribution in [3.8, 4) is 0 Å². The average molecular weight is 128 g/mol. The second-order valence-electron chi connectivity index (χ2n) is 1.52. The van der Waals surface area contributed by atoms with E-state index in [0.717, 1.165) is 4.80 Å². The molecular formula is C5H8N2S. The molecular weight excluding hydrogens is 120 g/mol. The van der Waals surface area contributed by atoms with Crippen LogP contribution < -0.4 is 4.80 Å². The molecule has 0 N–H and O–H groups in total. The Morgan fingerprint density at radius 3 is 2.75 bits per heavy atom. The van der Waals surface area contributed by atoms with Crippen LogP contribution in [0.3, 0.4) is 0 Å². The van der Waals surface area contributed by atoms with E-state index in [9.17, 15) is 0 Å². The minimum absolute atomic E-state index is 1.06. The molecule has 1 rings (SSSR count). The second kappa shape index (κ2) is 2.13. The lowest BCUT2D eigenvalue weighted by Crippen LogP contribution is -2.07. The SMILES string of the molecule is CN=c1sccn1C. The van der Waals surface area contributed by atoms with E-state index in [2.05, 4.69) is 4.99 Å². The fourth-order valence-corrected chi connectivity index (χ4v) is 1.24. The maximum atomic E-state index is 4.01. The second-order valence-corrected chi connectivity index (χ2v) is 2.39. The lowest BCUT2D eigenvalue weighted by molar-refractivity contribution is 0.867. The summed E-state index contributed by atoms with van der Waals surface area (Å²) in [6.07, 6.45) is 1.99. The number of hydrogen-bond acceptors (Lipinski definition) is 2. The summed E-state index contributed by atoms with van der Waals surface area (Å²) in [6.45, 7) is 0. The Hall–Kier alpha value is -0.570. The summed E-state index contributed by atoms with van der Waals surface area (Å²) >= 11 is 1.65. The first kappa shape index (κ1) is 5.56. The van der Waals surface area contributed by atoms with Gasteiger partial charge in [-0.25, -0.2) is 0 Å². The van der Waals surface area contributed by atoms with Gasteiger partial charge >= 0.3 is 0 Å². The predicted molar refractivity (Wildman–Crippen MR) is 34.8 cm³/mol. The van der Waals surface area contributed by atoms with E-state index in [0.29, 0.717) is 0 Å². The standard InChI is InChI=1S/C5H8N2S/c1-6-5-7(2)3-4-8-5/h3-4H,1-2H3. The molecule has 2 nitrogen and oxygen atoms in total. The first-order valence-electron chi connectivity index (χ1n) is 2.37. The van der Waals surface area contributed by atoms with Gasteiger partial charge in [-0.2, -0.15) is 0 Å². The fraction of sp³-hybridized carbons (Fsp3) is 0.400. The van der Waals surface area contributed by atoms with Gasteiger partial charge in [-0.3, -0.25) is 4.99 Å². The van der Waals surface area contributed by atoms with E-state index >= 15 is 0 Å². The summed E-state index contributed by atoms with van der Waals surface area (Å²) in [5, 5.41) is 2.02. The Labute approximate surface area is 52.1 Å². The van der Waals surface area contributed by atoms with Gasteiger partial charge in [0, 0.05) is 25.7 Å². The van der Waals surface area contributed by atoms with Crippen molar-refractivity contribution in [1.82, 2.24) is 4.57 Å². The summed E-state index contributed by atoms with van der Waals surface area (Å²) in [6, 6.07) is 0. The molecule has 8 heavy (non-hydrogen) atoms. The van der Waals surface area contributed by atoms with Crippen molar-refractivity contribution in [2.75, 3.05) is 7.05 Å². The van der Waals surface area contributed by atoms with Crippen molar-refractivity contribution in [2.45, 2.75) is 0 Å². The van der Waals surface area contributed by atoms with E-state index < -0.39 is 0 Å². The Morgan fingerprint density at radius 2 is 2.50 bits per heavy atom. The van der Waals surface area contributed by atoms with Crippen molar-refractivity contribution < 1.29 is 0 Å². The molecule has 0 saturated carbocycles. The van der Waals surface area contributed by atoms with Gasteiger partial charge < -0.3 is 4.57 Å². The largest absolute Gasteiger partial charge is 0.327 e. The minimum atomic E-state index is 1.06. The van der Waals surface area contributed by atoms with Crippen LogP contribution in [0.1, 0.15) is 0 Å². The van der Waals surface area contributed by atoms with Crippen LogP contribution in [0.2, 0.25) is 0 Å². The van der Waals surface area contributed by atoms with Gasteiger partial charge in [0.1, 0.15) is 0 Å². The molecule has 0 fully saturated rings. The van der Waals surface area contributed by atoms with Crippen molar-refractivity contribution in [3.05, 3.63) is 16.4 Å². The molecule has 0 aliphatic carbocycles. The molecule has 0 unspecified atom stereocenters. The fourth-order valence-electron chi connectivity index (χ4n) is 0.540. The zero-order valence-corrected chi connectivity index (χ0v) is 5.77. The third kappa shape index (κ3) is 0.816. The first-order chi connectivity index (χ1) is 3.84. The number of aryl methyl sites for hydroxylation is 1. The normalized spacial score (nSPS) is 12.5. The molecule has 1 heterocycles. The zero-order valence-electron chi connectivity index (χ0n) is 4.96. The molecule has 0 amide bonds. The van der Waals surface area contributed by atoms with Crippen molar-refractivity contribution >= 4 is 11.3 Å². The smallest absolute Gasteiger partial charge is 0.184 e. The highest BCUT2D eigenvalue weighted by molar-refractivity contribution is 7.07. The van der Waals surface area contributed by atoms with Crippen molar-refractivity contribution in [1.29, 1.82) is 0 Å². The van der Waals surface area contributed by atoms with Crippen LogP contribution >= 0.6 is 11.3 Å². The van der Waals surface area contributed by atoms with Gasteiger partial charge in [0.25, 0.3) is 0 Å². The third-order valence-corrected chi connectivity index (χ3v) is 1.89. The van der Waals surface area contributed by atoms with Crippen LogP contribution in [0.25, 0.3) is 0 Å². The quantitative estimate of drug-likeness (QED) is 0.487. The highest BCUT2D eigenvalue weighted by atomic mass is 32.1. The molecule has 1 aromatic heterocycles. The lowest BCUT2D eigenvalue weighted by Gasteiger charge is -1.83. The van der Waals surface area contributed by atoms with Crippen LogP contribution in [0, 0.1) is 0 Å². The Kier molecular flexibility index (Phi) is 1.48. The maximum absolute atomic E-state index is 4.01. The van der Waals surface area contributed by atoms with E-state index in [1.807, 2.05) is 23.2 Å². The van der Waals surface area contributed by atoms with Gasteiger partial charge in [-0.15, -0.1) is 11.3 Å². The molecule has 0 atom stereocenters. The van der Waals surface area contributed by atoms with E-state index in [1.165, 1.54) is 0 Å². The van der Waals surface area contributed by atoms with Gasteiger partial charge in [0.05, 0.1) is 0 Å². The molecule has 0 aliphatic rings. The zero-order chi connectivity index (χ0) is 5.98. The summed E-state index contributed by atoms with van der Waals surface area (Å²) < 4.78 is 1.99. The summed E-state index contributed by atoms with van der Waals surface area (Å²) in [7, 11) is 3.78. The van der Waals surface area contributed by atoms with Crippen LogP contribution in [0.4, 0.5) is 0 Å². The van der Waals surface area contributed by atoms with Crippen LogP contribution in [-0.2, 0) is 7.05 Å². The molecule has 0 aliphatic heterocycles. The Bertz CT molecular complexity index is 220. The van der Waals surface area contributed by atoms with Crippen molar-refractivity contribution in [3.63, 3.8) is 0 Å². The average Bonchev–Trinajstić information content (AvgIpc) is 2.14. The van der Waals surface area contributed by atoms with E-state index in [4.69, 9.17) is 0 Å². The lowest BCUT2D eigenvalue weighted by atomic mass is 10.9. The number of hydrogen-bond donors (Lipinski definition) is 0. The van der Waals surface area contributed by atoms with E-state index in [-0.39, 0.29) is 0 Å². The monoisotopic (exact) mass is 128 g/mol. The molecule has 0 bridgehead atoms. The van der Waals surface area contributed by atoms with Crippen LogP contribution in [0.5, 0.6) is 0 Å². The molecule has 0 aromatic carbocycles. The number of nitrogens with zero attached hydrogens (tertiary/aromatic N) is 2. The topological polar surface area (TPSA) is 17.3 Å². The summed E-state index contributed by atoms with van der Waals surface area (Å²) in [5.74, 6) is 0. The highest BCUT2D eigenvalue weighted by Gasteiger charge is 1.81. The van der Waals surface area contributed by atoms with Gasteiger partial charge in [-0.05, 0) is 0 Å². The highest BCUT2D eigenvalue weighted by Crippen LogP contribution is 1.83. The van der Waals surface area contributed by atoms with E-state index in [1.54, 1.807) is 18.4 Å². The minimum Gasteiger partial charge on any atom is -0.327 e. The molecule has 0 saturated heterocycles. The van der Waals surface area contributed by atoms with Crippen molar-refractivity contribution in [2.24, 2.45) is 12.0 Å². The summed E-state index contributed by atoms with van der Waals surface area (Å²) in [4.78, 5) is 5.07. The first-order valence-corrected chi connectivity index (χ1v) is 3.25. The molecule has 44 valence electrons. The molecule has 0 spiro atoms. The predicted octanol–water partition coefficient (Wildman–Crippen LogP) is 0.617. The van der Waals surface area contributed by atoms with Gasteiger partial charge in [-0.1, -0.05) is 0 Å². The molecule has 0 radical (unpaired) electrons. The molecule has 1 aromatic rings.